The molecule has 0 spiro atoms. The third kappa shape index (κ3) is 5.55. The molecule has 0 saturated carbocycles. The molecule has 0 aliphatic rings. The maximum Gasteiger partial charge on any atom is 0.320 e. The third-order valence-corrected chi connectivity index (χ3v) is 3.47. The van der Waals surface area contributed by atoms with Gasteiger partial charge < -0.3 is 10.0 Å². The topological polar surface area (TPSA) is 69.6 Å². The summed E-state index contributed by atoms with van der Waals surface area (Å²) in [5.74, 6) is -1.02. The van der Waals surface area contributed by atoms with Crippen LogP contribution in [-0.4, -0.2) is 41.5 Å². The van der Waals surface area contributed by atoms with Crippen LogP contribution in [0.4, 0.5) is 0 Å². The zero-order valence-corrected chi connectivity index (χ0v) is 12.9. The lowest BCUT2D eigenvalue weighted by molar-refractivity contribution is -0.140. The first-order chi connectivity index (χ1) is 9.95. The summed E-state index contributed by atoms with van der Waals surface area (Å²) in [5.41, 5.74) is 2.23. The van der Waals surface area contributed by atoms with Crippen LogP contribution >= 0.6 is 0 Å². The van der Waals surface area contributed by atoms with Crippen molar-refractivity contribution in [1.82, 2.24) is 10.2 Å². The van der Waals surface area contributed by atoms with Gasteiger partial charge in [-0.1, -0.05) is 37.6 Å². The molecule has 1 rings (SSSR count). The second-order valence-corrected chi connectivity index (χ2v) is 5.24. The minimum absolute atomic E-state index is 0.0410. The second kappa shape index (κ2) is 8.42. The molecule has 0 bridgehead atoms. The van der Waals surface area contributed by atoms with Crippen LogP contribution in [0.15, 0.2) is 24.3 Å². The molecule has 0 aliphatic heterocycles. The normalized spacial score (nSPS) is 12.0. The van der Waals surface area contributed by atoms with E-state index in [1.807, 2.05) is 38.1 Å². The highest BCUT2D eigenvalue weighted by atomic mass is 16.4. The molecule has 0 fully saturated rings. The summed E-state index contributed by atoms with van der Waals surface area (Å²) < 4.78 is 0. The van der Waals surface area contributed by atoms with E-state index in [1.165, 1.54) is 0 Å². The number of carbonyl (C=O) groups excluding carboxylic acids is 1. The van der Waals surface area contributed by atoms with Gasteiger partial charge in [0.25, 0.3) is 0 Å². The minimum Gasteiger partial charge on any atom is -0.480 e. The van der Waals surface area contributed by atoms with Crippen molar-refractivity contribution in [2.75, 3.05) is 13.6 Å². The summed E-state index contributed by atoms with van der Waals surface area (Å²) >= 11 is 0. The van der Waals surface area contributed by atoms with E-state index in [0.29, 0.717) is 13.0 Å². The van der Waals surface area contributed by atoms with Crippen LogP contribution in [-0.2, 0) is 16.1 Å². The number of nitrogens with zero attached hydrogens (tertiary/aromatic N) is 1. The summed E-state index contributed by atoms with van der Waals surface area (Å²) in [5, 5.41) is 11.9. The minimum atomic E-state index is -0.911. The fourth-order valence-electron chi connectivity index (χ4n) is 2.08. The van der Waals surface area contributed by atoms with E-state index in [1.54, 1.807) is 11.9 Å². The summed E-state index contributed by atoms with van der Waals surface area (Å²) in [6, 6.07) is 7.24. The van der Waals surface area contributed by atoms with Crippen molar-refractivity contribution >= 4 is 11.9 Å². The molecule has 1 aromatic carbocycles. The molecule has 21 heavy (non-hydrogen) atoms. The average Bonchev–Trinajstić information content (AvgIpc) is 2.45. The molecular weight excluding hydrogens is 268 g/mol. The molecule has 0 aromatic heterocycles. The van der Waals surface area contributed by atoms with Gasteiger partial charge in [-0.3, -0.25) is 14.9 Å². The summed E-state index contributed by atoms with van der Waals surface area (Å²) in [4.78, 5) is 24.7. The number of nitrogens with one attached hydrogen (secondary N) is 1. The van der Waals surface area contributed by atoms with Crippen molar-refractivity contribution in [3.05, 3.63) is 35.4 Å². The smallest absolute Gasteiger partial charge is 0.320 e. The van der Waals surface area contributed by atoms with Crippen molar-refractivity contribution < 1.29 is 14.7 Å². The van der Waals surface area contributed by atoms with Gasteiger partial charge in [-0.25, -0.2) is 0 Å². The Bertz CT molecular complexity index is 488. The van der Waals surface area contributed by atoms with E-state index in [9.17, 15) is 9.59 Å². The fourth-order valence-corrected chi connectivity index (χ4v) is 2.08. The second-order valence-electron chi connectivity index (χ2n) is 5.24. The molecule has 0 radical (unpaired) electrons. The Labute approximate surface area is 126 Å². The monoisotopic (exact) mass is 292 g/mol. The molecule has 0 heterocycles. The highest BCUT2D eigenvalue weighted by molar-refractivity contribution is 5.79. The van der Waals surface area contributed by atoms with E-state index >= 15 is 0 Å². The third-order valence-electron chi connectivity index (χ3n) is 3.47. The first kappa shape index (κ1) is 17.2. The molecule has 5 heteroatoms. The van der Waals surface area contributed by atoms with E-state index in [4.69, 9.17) is 5.11 Å². The van der Waals surface area contributed by atoms with Crippen molar-refractivity contribution in [3.63, 3.8) is 0 Å². The van der Waals surface area contributed by atoms with E-state index in [-0.39, 0.29) is 12.5 Å². The van der Waals surface area contributed by atoms with Gasteiger partial charge in [-0.2, -0.15) is 0 Å². The van der Waals surface area contributed by atoms with Crippen molar-refractivity contribution in [1.29, 1.82) is 0 Å². The van der Waals surface area contributed by atoms with Gasteiger partial charge in [0.15, 0.2) is 0 Å². The number of hydrogen-bond donors (Lipinski definition) is 2. The molecular formula is C16H24N2O3. The van der Waals surface area contributed by atoms with Crippen LogP contribution in [0.5, 0.6) is 0 Å². The SMILES string of the molecule is CCCC(NCC(=O)N(C)Cc1ccccc1C)C(=O)O. The predicted molar refractivity (Wildman–Crippen MR) is 82.0 cm³/mol. The number of aliphatic carboxylic acids is 1. The Kier molecular flexibility index (Phi) is 6.88. The Morgan fingerprint density at radius 2 is 2.00 bits per heavy atom. The number of carboxylic acids is 1. The quantitative estimate of drug-likeness (QED) is 0.766. The number of hydrogen-bond acceptors (Lipinski definition) is 3. The predicted octanol–water partition coefficient (Wildman–Crippen LogP) is 1.80. The number of aryl methyl sites for hydroxylation is 1. The molecule has 1 amide bonds. The Balaban J connectivity index is 2.51. The van der Waals surface area contributed by atoms with Crippen LogP contribution in [0, 0.1) is 6.92 Å². The Morgan fingerprint density at radius 3 is 2.57 bits per heavy atom. The molecule has 1 aromatic rings. The summed E-state index contributed by atoms with van der Waals surface area (Å²) in [6.45, 7) is 4.50. The number of likely N-dealkylation sites (N-methyl/N-ethyl adjacent to an activating group) is 1. The van der Waals surface area contributed by atoms with Gasteiger partial charge in [0.1, 0.15) is 6.04 Å². The molecule has 1 unspecified atom stereocenters. The Morgan fingerprint density at radius 1 is 1.33 bits per heavy atom. The summed E-state index contributed by atoms with van der Waals surface area (Å²) in [6.07, 6.45) is 1.28. The molecule has 0 aliphatic carbocycles. The number of benzene rings is 1. The van der Waals surface area contributed by atoms with Crippen LogP contribution < -0.4 is 5.32 Å². The zero-order chi connectivity index (χ0) is 15.8. The first-order valence-corrected chi connectivity index (χ1v) is 7.20. The lowest BCUT2D eigenvalue weighted by Gasteiger charge is -2.20. The van der Waals surface area contributed by atoms with Gasteiger partial charge in [-0.05, 0) is 24.5 Å². The van der Waals surface area contributed by atoms with E-state index in [2.05, 4.69) is 5.32 Å². The van der Waals surface area contributed by atoms with Gasteiger partial charge >= 0.3 is 5.97 Å². The van der Waals surface area contributed by atoms with Gasteiger partial charge in [0.2, 0.25) is 5.91 Å². The number of rotatable bonds is 8. The standard InChI is InChI=1S/C16H24N2O3/c1-4-7-14(16(20)21)17-10-15(19)18(3)11-13-9-6-5-8-12(13)2/h5-6,8-9,14,17H,4,7,10-11H2,1-3H3,(H,20,21). The molecule has 116 valence electrons. The summed E-state index contributed by atoms with van der Waals surface area (Å²) in [7, 11) is 1.73. The number of carbonyl (C=O) groups is 2. The van der Waals surface area contributed by atoms with E-state index < -0.39 is 12.0 Å². The highest BCUT2D eigenvalue weighted by Gasteiger charge is 2.18. The number of amides is 1. The molecule has 5 nitrogen and oxygen atoms in total. The van der Waals surface area contributed by atoms with Gasteiger partial charge in [0, 0.05) is 13.6 Å². The number of carboxylic acid groups (broad SMARTS) is 1. The lowest BCUT2D eigenvalue weighted by Crippen LogP contribution is -2.43. The molecule has 2 N–H and O–H groups in total. The van der Waals surface area contributed by atoms with Crippen LogP contribution in [0.1, 0.15) is 30.9 Å². The van der Waals surface area contributed by atoms with Crippen LogP contribution in [0.25, 0.3) is 0 Å². The Hall–Kier alpha value is -1.88. The van der Waals surface area contributed by atoms with E-state index in [0.717, 1.165) is 17.5 Å². The zero-order valence-electron chi connectivity index (χ0n) is 12.9. The van der Waals surface area contributed by atoms with Gasteiger partial charge in [-0.15, -0.1) is 0 Å². The lowest BCUT2D eigenvalue weighted by atomic mass is 10.1. The van der Waals surface area contributed by atoms with Crippen molar-refractivity contribution in [2.24, 2.45) is 0 Å². The maximum atomic E-state index is 12.1. The van der Waals surface area contributed by atoms with Crippen molar-refractivity contribution in [3.8, 4) is 0 Å². The van der Waals surface area contributed by atoms with Gasteiger partial charge in [0.05, 0.1) is 6.54 Å². The van der Waals surface area contributed by atoms with Crippen LogP contribution in [0.3, 0.4) is 0 Å². The first-order valence-electron chi connectivity index (χ1n) is 7.20. The van der Waals surface area contributed by atoms with Crippen molar-refractivity contribution in [2.45, 2.75) is 39.3 Å². The highest BCUT2D eigenvalue weighted by Crippen LogP contribution is 2.09. The van der Waals surface area contributed by atoms with Crippen LogP contribution in [0.2, 0.25) is 0 Å². The largest absolute Gasteiger partial charge is 0.480 e. The average molecular weight is 292 g/mol. The fraction of sp³-hybridized carbons (Fsp3) is 0.500. The maximum absolute atomic E-state index is 12.1. The molecule has 0 saturated heterocycles. The molecule has 1 atom stereocenters.